The maximum absolute atomic E-state index is 12.3. The van der Waals surface area contributed by atoms with Gasteiger partial charge in [-0.1, -0.05) is 6.08 Å². The van der Waals surface area contributed by atoms with Crippen LogP contribution in [0, 0.1) is 0 Å². The van der Waals surface area contributed by atoms with E-state index in [9.17, 15) is 4.79 Å². The SMILES string of the molecule is CC(C)N(C(=O)C1(C)C=CCO1)C(C)C. The number of rotatable bonds is 3. The van der Waals surface area contributed by atoms with Crippen molar-refractivity contribution in [2.24, 2.45) is 0 Å². The van der Waals surface area contributed by atoms with Crippen molar-refractivity contribution in [3.05, 3.63) is 12.2 Å². The second-order valence-electron chi connectivity index (χ2n) is 4.72. The first-order chi connectivity index (χ1) is 6.88. The second-order valence-corrected chi connectivity index (χ2v) is 4.72. The Morgan fingerprint density at radius 3 is 2.20 bits per heavy atom. The van der Waals surface area contributed by atoms with Crippen LogP contribution in [0.25, 0.3) is 0 Å². The van der Waals surface area contributed by atoms with Gasteiger partial charge in [-0.05, 0) is 40.7 Å². The topological polar surface area (TPSA) is 29.5 Å². The highest BCUT2D eigenvalue weighted by molar-refractivity contribution is 5.88. The minimum absolute atomic E-state index is 0.0567. The normalized spacial score (nSPS) is 25.3. The first kappa shape index (κ1) is 12.2. The summed E-state index contributed by atoms with van der Waals surface area (Å²) in [4.78, 5) is 14.2. The van der Waals surface area contributed by atoms with E-state index in [4.69, 9.17) is 4.74 Å². The molecule has 1 atom stereocenters. The molecule has 15 heavy (non-hydrogen) atoms. The summed E-state index contributed by atoms with van der Waals surface area (Å²) >= 11 is 0. The van der Waals surface area contributed by atoms with Crippen LogP contribution in [-0.2, 0) is 9.53 Å². The molecule has 0 radical (unpaired) electrons. The van der Waals surface area contributed by atoms with Crippen molar-refractivity contribution in [3.63, 3.8) is 0 Å². The number of ether oxygens (including phenoxy) is 1. The number of amides is 1. The smallest absolute Gasteiger partial charge is 0.259 e. The highest BCUT2D eigenvalue weighted by Crippen LogP contribution is 2.23. The second kappa shape index (κ2) is 4.35. The molecule has 0 aromatic carbocycles. The third-order valence-corrected chi connectivity index (χ3v) is 2.69. The molecule has 0 bridgehead atoms. The summed E-state index contributed by atoms with van der Waals surface area (Å²) in [5.74, 6) is 0.0567. The zero-order chi connectivity index (χ0) is 11.6. The van der Waals surface area contributed by atoms with Gasteiger partial charge >= 0.3 is 0 Å². The first-order valence-electron chi connectivity index (χ1n) is 5.53. The molecule has 3 heteroatoms. The molecule has 0 aliphatic carbocycles. The minimum Gasteiger partial charge on any atom is -0.357 e. The molecule has 0 saturated heterocycles. The number of hydrogen-bond acceptors (Lipinski definition) is 2. The Hall–Kier alpha value is -0.830. The van der Waals surface area contributed by atoms with Gasteiger partial charge in [-0.3, -0.25) is 4.79 Å². The summed E-state index contributed by atoms with van der Waals surface area (Å²) in [5.41, 5.74) is -0.755. The van der Waals surface area contributed by atoms with Crippen molar-refractivity contribution in [3.8, 4) is 0 Å². The fourth-order valence-electron chi connectivity index (χ4n) is 2.00. The van der Waals surface area contributed by atoms with Gasteiger partial charge in [0.15, 0.2) is 5.60 Å². The van der Waals surface area contributed by atoms with E-state index in [0.717, 1.165) is 0 Å². The first-order valence-corrected chi connectivity index (χ1v) is 5.53. The van der Waals surface area contributed by atoms with Crippen molar-refractivity contribution in [2.75, 3.05) is 6.61 Å². The summed E-state index contributed by atoms with van der Waals surface area (Å²) in [5, 5.41) is 0. The van der Waals surface area contributed by atoms with Crippen LogP contribution in [0.4, 0.5) is 0 Å². The van der Waals surface area contributed by atoms with Crippen LogP contribution < -0.4 is 0 Å². The van der Waals surface area contributed by atoms with Gasteiger partial charge in [0, 0.05) is 12.1 Å². The van der Waals surface area contributed by atoms with Gasteiger partial charge in [-0.15, -0.1) is 0 Å². The fourth-order valence-corrected chi connectivity index (χ4v) is 2.00. The molecule has 1 aliphatic rings. The molecule has 0 aromatic rings. The Labute approximate surface area is 92.1 Å². The molecule has 3 nitrogen and oxygen atoms in total. The van der Waals surface area contributed by atoms with Gasteiger partial charge in [0.2, 0.25) is 0 Å². The van der Waals surface area contributed by atoms with Gasteiger partial charge in [0.25, 0.3) is 5.91 Å². The van der Waals surface area contributed by atoms with Gasteiger partial charge in [-0.2, -0.15) is 0 Å². The average Bonchev–Trinajstić information content (AvgIpc) is 2.52. The van der Waals surface area contributed by atoms with E-state index < -0.39 is 5.60 Å². The molecule has 1 rings (SSSR count). The Bertz CT molecular complexity index is 263. The molecule has 1 heterocycles. The quantitative estimate of drug-likeness (QED) is 0.668. The average molecular weight is 211 g/mol. The van der Waals surface area contributed by atoms with Gasteiger partial charge in [0.05, 0.1) is 6.61 Å². The van der Waals surface area contributed by atoms with Crippen LogP contribution in [0.2, 0.25) is 0 Å². The Morgan fingerprint density at radius 1 is 1.33 bits per heavy atom. The van der Waals surface area contributed by atoms with Crippen molar-refractivity contribution in [1.29, 1.82) is 0 Å². The molecular formula is C12H21NO2. The maximum Gasteiger partial charge on any atom is 0.259 e. The third-order valence-electron chi connectivity index (χ3n) is 2.69. The van der Waals surface area contributed by atoms with Crippen molar-refractivity contribution in [2.45, 2.75) is 52.3 Å². The van der Waals surface area contributed by atoms with E-state index >= 15 is 0 Å². The molecule has 0 fully saturated rings. The maximum atomic E-state index is 12.3. The van der Waals surface area contributed by atoms with E-state index in [0.29, 0.717) is 6.61 Å². The monoisotopic (exact) mass is 211 g/mol. The Balaban J connectivity index is 2.85. The van der Waals surface area contributed by atoms with E-state index in [2.05, 4.69) is 0 Å². The zero-order valence-electron chi connectivity index (χ0n) is 10.3. The van der Waals surface area contributed by atoms with Crippen LogP contribution in [0.1, 0.15) is 34.6 Å². The number of hydrogen-bond donors (Lipinski definition) is 0. The molecule has 0 aromatic heterocycles. The molecular weight excluding hydrogens is 190 g/mol. The predicted molar refractivity (Wildman–Crippen MR) is 60.6 cm³/mol. The van der Waals surface area contributed by atoms with E-state index in [-0.39, 0.29) is 18.0 Å². The molecule has 0 N–H and O–H groups in total. The molecule has 0 saturated carbocycles. The molecule has 1 amide bonds. The number of carbonyl (C=O) groups is 1. The van der Waals surface area contributed by atoms with E-state index in [1.807, 2.05) is 51.7 Å². The molecule has 1 unspecified atom stereocenters. The standard InChI is InChI=1S/C12H21NO2/c1-9(2)13(10(3)4)11(14)12(5)7-6-8-15-12/h6-7,9-10H,8H2,1-5H3. The Morgan fingerprint density at radius 2 is 1.87 bits per heavy atom. The van der Waals surface area contributed by atoms with Gasteiger partial charge in [-0.25, -0.2) is 0 Å². The highest BCUT2D eigenvalue weighted by atomic mass is 16.5. The summed E-state index contributed by atoms with van der Waals surface area (Å²) in [6.07, 6.45) is 3.75. The van der Waals surface area contributed by atoms with Gasteiger partial charge < -0.3 is 9.64 Å². The lowest BCUT2D eigenvalue weighted by atomic mass is 10.0. The number of carbonyl (C=O) groups excluding carboxylic acids is 1. The summed E-state index contributed by atoms with van der Waals surface area (Å²) in [7, 11) is 0. The molecule has 1 aliphatic heterocycles. The lowest BCUT2D eigenvalue weighted by Crippen LogP contribution is -2.52. The number of nitrogens with zero attached hydrogens (tertiary/aromatic N) is 1. The van der Waals surface area contributed by atoms with Crippen LogP contribution in [0.5, 0.6) is 0 Å². The summed E-state index contributed by atoms with van der Waals surface area (Å²) < 4.78 is 5.48. The van der Waals surface area contributed by atoms with Crippen LogP contribution >= 0.6 is 0 Å². The largest absolute Gasteiger partial charge is 0.357 e. The van der Waals surface area contributed by atoms with Crippen LogP contribution in [0.15, 0.2) is 12.2 Å². The van der Waals surface area contributed by atoms with E-state index in [1.165, 1.54) is 0 Å². The fraction of sp³-hybridized carbons (Fsp3) is 0.750. The lowest BCUT2D eigenvalue weighted by molar-refractivity contribution is -0.151. The van der Waals surface area contributed by atoms with E-state index in [1.54, 1.807) is 0 Å². The van der Waals surface area contributed by atoms with Crippen molar-refractivity contribution in [1.82, 2.24) is 4.90 Å². The van der Waals surface area contributed by atoms with Crippen LogP contribution in [-0.4, -0.2) is 35.1 Å². The predicted octanol–water partition coefficient (Wildman–Crippen LogP) is 1.98. The van der Waals surface area contributed by atoms with Crippen molar-refractivity contribution < 1.29 is 9.53 Å². The molecule has 86 valence electrons. The lowest BCUT2D eigenvalue weighted by Gasteiger charge is -2.36. The molecule has 0 spiro atoms. The van der Waals surface area contributed by atoms with Crippen LogP contribution in [0.3, 0.4) is 0 Å². The highest BCUT2D eigenvalue weighted by Gasteiger charge is 2.39. The van der Waals surface area contributed by atoms with Gasteiger partial charge in [0.1, 0.15) is 0 Å². The zero-order valence-corrected chi connectivity index (χ0v) is 10.3. The summed E-state index contributed by atoms with van der Waals surface area (Å²) in [6.45, 7) is 10.5. The third kappa shape index (κ3) is 2.40. The van der Waals surface area contributed by atoms with Crippen molar-refractivity contribution >= 4 is 5.91 Å². The minimum atomic E-state index is -0.755. The Kier molecular flexibility index (Phi) is 3.55. The summed E-state index contributed by atoms with van der Waals surface area (Å²) in [6, 6.07) is 0.402.